The van der Waals surface area contributed by atoms with Crippen molar-refractivity contribution in [3.05, 3.63) is 171 Å². The molecule has 2 aromatic heterocycles. The number of likely N-dealkylation sites (tertiary alicyclic amines) is 1. The molecular formula is C60H64Cl5N9O4S. The Labute approximate surface area is 491 Å². The van der Waals surface area contributed by atoms with Gasteiger partial charge < -0.3 is 30.5 Å². The molecule has 79 heavy (non-hydrogen) atoms. The zero-order valence-electron chi connectivity index (χ0n) is 44.6. The van der Waals surface area contributed by atoms with Crippen LogP contribution in [0.4, 0.5) is 0 Å². The third-order valence-corrected chi connectivity index (χ3v) is 17.6. The Morgan fingerprint density at radius 3 is 1.99 bits per heavy atom. The summed E-state index contributed by atoms with van der Waals surface area (Å²) in [4.78, 5) is 54.3. The van der Waals surface area contributed by atoms with E-state index in [4.69, 9.17) is 73.5 Å². The fourth-order valence-electron chi connectivity index (χ4n) is 10.2. The number of aliphatic imine (C=N–C) groups is 1. The van der Waals surface area contributed by atoms with Crippen LogP contribution >= 0.6 is 69.3 Å². The molecule has 0 unspecified atom stereocenters. The van der Waals surface area contributed by atoms with Gasteiger partial charge in [0.05, 0.1) is 44.9 Å². The zero-order chi connectivity index (χ0) is 55.7. The van der Waals surface area contributed by atoms with E-state index < -0.39 is 12.1 Å². The fraction of sp³-hybridized carbons (Fsp3) is 0.367. The van der Waals surface area contributed by atoms with Crippen LogP contribution in [0.1, 0.15) is 94.5 Å². The van der Waals surface area contributed by atoms with Gasteiger partial charge in [0.25, 0.3) is 0 Å². The summed E-state index contributed by atoms with van der Waals surface area (Å²) < 4.78 is 8.16. The fourth-order valence-corrected chi connectivity index (χ4v) is 12.2. The molecule has 9 rings (SSSR count). The highest BCUT2D eigenvalue weighted by molar-refractivity contribution is 7.15. The number of aryl methyl sites for hydroxylation is 2. The lowest BCUT2D eigenvalue weighted by atomic mass is 9.93. The minimum absolute atomic E-state index is 0.0539. The number of nitrogens with zero attached hydrogens (tertiary/aromatic N) is 7. The summed E-state index contributed by atoms with van der Waals surface area (Å²) in [6.45, 7) is 13.7. The smallest absolute Gasteiger partial charge is 0.240 e. The van der Waals surface area contributed by atoms with Crippen LogP contribution < -0.4 is 15.8 Å². The topological polar surface area (TPSA) is 151 Å². The molecule has 4 aromatic carbocycles. The van der Waals surface area contributed by atoms with Crippen molar-refractivity contribution in [3.63, 3.8) is 0 Å². The van der Waals surface area contributed by atoms with E-state index in [1.54, 1.807) is 64.8 Å². The monoisotopic (exact) mass is 1180 g/mol. The molecule has 3 N–H and O–H groups in total. The number of hydrogen-bond acceptors (Lipinski definition) is 11. The van der Waals surface area contributed by atoms with Crippen molar-refractivity contribution in [1.82, 2.24) is 34.8 Å². The van der Waals surface area contributed by atoms with Crippen LogP contribution in [-0.4, -0.2) is 124 Å². The number of benzene rings is 4. The molecule has 0 bridgehead atoms. The highest BCUT2D eigenvalue weighted by Crippen LogP contribution is 2.40. The maximum atomic E-state index is 13.9. The Hall–Kier alpha value is -5.39. The van der Waals surface area contributed by atoms with E-state index in [9.17, 15) is 14.4 Å². The van der Waals surface area contributed by atoms with Crippen LogP contribution in [0.15, 0.2) is 101 Å². The summed E-state index contributed by atoms with van der Waals surface area (Å²) in [5, 5.41) is 15.3. The molecule has 414 valence electrons. The number of nitrogens with two attached hydrogens (primary N) is 1. The Morgan fingerprint density at radius 1 is 0.759 bits per heavy atom. The first-order valence-corrected chi connectivity index (χ1v) is 29.5. The Kier molecular flexibility index (Phi) is 19.9. The van der Waals surface area contributed by atoms with Crippen molar-refractivity contribution in [3.8, 4) is 10.8 Å². The highest BCUT2D eigenvalue weighted by atomic mass is 35.5. The molecule has 19 heteroatoms. The van der Waals surface area contributed by atoms with Gasteiger partial charge in [0.15, 0.2) is 11.6 Å². The predicted octanol–water partition coefficient (Wildman–Crippen LogP) is 12.0. The normalized spacial score (nSPS) is 17.4. The number of amides is 2. The molecule has 13 nitrogen and oxygen atoms in total. The van der Waals surface area contributed by atoms with Crippen LogP contribution in [-0.2, 0) is 20.8 Å². The second kappa shape index (κ2) is 26.9. The first kappa shape index (κ1) is 58.3. The summed E-state index contributed by atoms with van der Waals surface area (Å²) in [7, 11) is 0. The molecule has 5 heterocycles. The number of piperidine rings is 1. The molecule has 0 saturated carbocycles. The Bertz CT molecular complexity index is 3200. The SMILES string of the molecule is Cc1sc2c(c1C)C(c1ccc(Cl)cc1)=N[C@@H](CC(=O)NCCCN1CCN(CCCCCCOc3ccc(C[C@H](N)C(=O)N4C/C(=C\c5ccc(Cl)c(Cl)c5)C(=O)/C(=C/c5ccc(Cl)c(Cl)c5)C4)cc3)CC1)c1nnc(C)n1-2. The second-order valence-corrected chi connectivity index (χ2v) is 23.7. The molecule has 0 spiro atoms. The number of unbranched alkanes of at least 4 members (excludes halogenated alkanes) is 3. The van der Waals surface area contributed by atoms with E-state index in [-0.39, 0.29) is 37.1 Å². The van der Waals surface area contributed by atoms with E-state index in [0.29, 0.717) is 72.8 Å². The van der Waals surface area contributed by atoms with Crippen LogP contribution in [0.5, 0.6) is 5.75 Å². The zero-order valence-corrected chi connectivity index (χ0v) is 49.1. The van der Waals surface area contributed by atoms with Crippen molar-refractivity contribution >= 4 is 105 Å². The maximum Gasteiger partial charge on any atom is 0.240 e. The molecule has 2 atom stereocenters. The van der Waals surface area contributed by atoms with Crippen molar-refractivity contribution < 1.29 is 19.1 Å². The number of aromatic nitrogens is 3. The van der Waals surface area contributed by atoms with Crippen LogP contribution in [0.2, 0.25) is 25.1 Å². The third kappa shape index (κ3) is 14.8. The van der Waals surface area contributed by atoms with Crippen molar-refractivity contribution in [2.24, 2.45) is 10.7 Å². The van der Waals surface area contributed by atoms with E-state index in [0.717, 1.165) is 116 Å². The van der Waals surface area contributed by atoms with Gasteiger partial charge >= 0.3 is 0 Å². The summed E-state index contributed by atoms with van der Waals surface area (Å²) in [6.07, 6.45) is 9.14. The van der Waals surface area contributed by atoms with Gasteiger partial charge in [0, 0.05) is 78.0 Å². The number of carbonyl (C=O) groups excluding carboxylic acids is 3. The summed E-state index contributed by atoms with van der Waals surface area (Å²) >= 11 is 32.9. The number of hydrogen-bond donors (Lipinski definition) is 2. The Balaban J connectivity index is 0.659. The molecular weight excluding hydrogens is 1120 g/mol. The average Bonchev–Trinajstić information content (AvgIpc) is 4.11. The molecule has 2 fully saturated rings. The van der Waals surface area contributed by atoms with Gasteiger partial charge in [-0.2, -0.15) is 0 Å². The van der Waals surface area contributed by atoms with E-state index in [1.807, 2.05) is 55.5 Å². The van der Waals surface area contributed by atoms with E-state index in [2.05, 4.69) is 43.7 Å². The number of nitrogens with one attached hydrogen (secondary N) is 1. The largest absolute Gasteiger partial charge is 0.494 e. The lowest BCUT2D eigenvalue weighted by Crippen LogP contribution is -2.49. The third-order valence-electron chi connectivity index (χ3n) is 14.7. The lowest BCUT2D eigenvalue weighted by Gasteiger charge is -2.34. The van der Waals surface area contributed by atoms with Crippen molar-refractivity contribution in [2.45, 2.75) is 77.8 Å². The van der Waals surface area contributed by atoms with Gasteiger partial charge in [-0.1, -0.05) is 107 Å². The quantitative estimate of drug-likeness (QED) is 0.0562. The van der Waals surface area contributed by atoms with Gasteiger partial charge in [-0.15, -0.1) is 21.5 Å². The number of Topliss-reactive ketones (excluding diaryl/α,β-unsaturated/α-hetero) is 1. The molecule has 3 aliphatic heterocycles. The van der Waals surface area contributed by atoms with Crippen LogP contribution in [0.3, 0.4) is 0 Å². The minimum atomic E-state index is -0.843. The predicted molar refractivity (Wildman–Crippen MR) is 321 cm³/mol. The summed E-state index contributed by atoms with van der Waals surface area (Å²) in [5.41, 5.74) is 13.7. The number of carbonyl (C=O) groups is 3. The van der Waals surface area contributed by atoms with Gasteiger partial charge in [0.1, 0.15) is 22.6 Å². The molecule has 0 radical (unpaired) electrons. The van der Waals surface area contributed by atoms with Gasteiger partial charge in [-0.3, -0.25) is 23.9 Å². The number of thiophene rings is 1. The molecule has 6 aromatic rings. The number of piperazine rings is 1. The first-order chi connectivity index (χ1) is 38.1. The van der Waals surface area contributed by atoms with Gasteiger partial charge in [-0.25, -0.2) is 0 Å². The maximum absolute atomic E-state index is 13.9. The number of ketones is 1. The van der Waals surface area contributed by atoms with Gasteiger partial charge in [-0.05, 0) is 142 Å². The second-order valence-electron chi connectivity index (χ2n) is 20.4. The summed E-state index contributed by atoms with van der Waals surface area (Å²) in [5.74, 6) is 1.69. The van der Waals surface area contributed by atoms with Gasteiger partial charge in [0.2, 0.25) is 11.8 Å². The number of fused-ring (bicyclic) bond motifs is 3. The molecule has 2 saturated heterocycles. The molecule has 3 aliphatic rings. The van der Waals surface area contributed by atoms with Crippen molar-refractivity contribution in [1.29, 1.82) is 0 Å². The molecule has 2 amide bonds. The standard InChI is InChI=1S/C60H64Cl5N9O4S/c1-37-38(2)79-60-55(37)56(43-13-15-46(61)16-14-43)68-53(58-70-69-39(3)74(58)60)34-54(75)67-21-8-23-72-26-24-71(25-27-72)22-6-4-5-7-28-78-47-17-9-40(10-18-47)33-52(66)59(77)73-35-44(29-41-11-19-48(62)50(64)31-41)57(76)45(36-73)30-42-12-20-49(63)51(65)32-42/h9-20,29-32,52-53H,4-8,21-28,33-36,66H2,1-3H3,(H,67,75)/b44-29+,45-30+/t52-,53-/m0/s1. The van der Waals surface area contributed by atoms with Crippen LogP contribution in [0.25, 0.3) is 17.2 Å². The number of halogens is 5. The van der Waals surface area contributed by atoms with Crippen molar-refractivity contribution in [2.75, 3.05) is 65.5 Å². The number of rotatable bonds is 20. The first-order valence-electron chi connectivity index (χ1n) is 26.8. The lowest BCUT2D eigenvalue weighted by molar-refractivity contribution is -0.132. The average molecular weight is 1180 g/mol. The molecule has 0 aliphatic carbocycles. The van der Waals surface area contributed by atoms with Crippen LogP contribution in [0, 0.1) is 20.8 Å². The number of ether oxygens (including phenoxy) is 1. The van der Waals surface area contributed by atoms with E-state index >= 15 is 0 Å². The Morgan fingerprint density at radius 2 is 1.37 bits per heavy atom. The van der Waals surface area contributed by atoms with E-state index in [1.165, 1.54) is 4.88 Å². The summed E-state index contributed by atoms with van der Waals surface area (Å²) in [6, 6.07) is 24.3. The highest BCUT2D eigenvalue weighted by Gasteiger charge is 2.34. The minimum Gasteiger partial charge on any atom is -0.494 e.